The second kappa shape index (κ2) is 8.59. The summed E-state index contributed by atoms with van der Waals surface area (Å²) >= 11 is 0. The van der Waals surface area contributed by atoms with Gasteiger partial charge in [-0.2, -0.15) is 0 Å². The Morgan fingerprint density at radius 1 is 1.05 bits per heavy atom. The first-order valence-electron chi connectivity index (χ1n) is 6.99. The molecule has 4 nitrogen and oxygen atoms in total. The molecule has 0 radical (unpaired) electrons. The predicted octanol–water partition coefficient (Wildman–Crippen LogP) is 3.06. The fourth-order valence-electron chi connectivity index (χ4n) is 1.37. The molecule has 0 saturated carbocycles. The molecule has 0 N–H and O–H groups in total. The topological polar surface area (TPSA) is 44.8 Å². The van der Waals surface area contributed by atoms with Crippen molar-refractivity contribution in [3.63, 3.8) is 0 Å². The van der Waals surface area contributed by atoms with E-state index in [1.165, 1.54) is 0 Å². The smallest absolute Gasteiger partial charge is 0.311 e. The van der Waals surface area contributed by atoms with Crippen LogP contribution in [0.4, 0.5) is 0 Å². The highest BCUT2D eigenvalue weighted by atomic mass is 16.6. The van der Waals surface area contributed by atoms with Gasteiger partial charge in [0.25, 0.3) is 0 Å². The van der Waals surface area contributed by atoms with E-state index in [9.17, 15) is 4.79 Å². The Morgan fingerprint density at radius 2 is 1.70 bits per heavy atom. The predicted molar refractivity (Wildman–Crippen MR) is 77.8 cm³/mol. The van der Waals surface area contributed by atoms with Gasteiger partial charge in [-0.3, -0.25) is 4.79 Å². The third-order valence-corrected chi connectivity index (χ3v) is 3.14. The molecule has 0 saturated heterocycles. The van der Waals surface area contributed by atoms with E-state index in [-0.39, 0.29) is 12.6 Å². The first-order chi connectivity index (χ1) is 9.56. The third kappa shape index (κ3) is 6.06. The van der Waals surface area contributed by atoms with Gasteiger partial charge in [0.1, 0.15) is 19.0 Å². The average Bonchev–Trinajstić information content (AvgIpc) is 2.47. The summed E-state index contributed by atoms with van der Waals surface area (Å²) in [4.78, 5) is 11.7. The van der Waals surface area contributed by atoms with Crippen LogP contribution in [0.5, 0.6) is 5.75 Å². The number of carbonyl (C=O) groups excluding carboxylic acids is 1. The van der Waals surface area contributed by atoms with Gasteiger partial charge < -0.3 is 14.2 Å². The zero-order valence-corrected chi connectivity index (χ0v) is 12.6. The maximum absolute atomic E-state index is 11.7. The van der Waals surface area contributed by atoms with E-state index >= 15 is 0 Å². The van der Waals surface area contributed by atoms with Crippen LogP contribution in [0, 0.1) is 5.41 Å². The van der Waals surface area contributed by atoms with Crippen molar-refractivity contribution in [2.75, 3.05) is 26.4 Å². The summed E-state index contributed by atoms with van der Waals surface area (Å²) in [5.41, 5.74) is -0.420. The third-order valence-electron chi connectivity index (χ3n) is 3.14. The molecular formula is C16H24O4. The number of carbonyl (C=O) groups is 1. The van der Waals surface area contributed by atoms with Crippen molar-refractivity contribution in [2.45, 2.75) is 27.2 Å². The van der Waals surface area contributed by atoms with E-state index in [0.29, 0.717) is 19.8 Å². The second-order valence-corrected chi connectivity index (χ2v) is 5.15. The number of hydrogen-bond donors (Lipinski definition) is 0. The van der Waals surface area contributed by atoms with Crippen LogP contribution < -0.4 is 4.74 Å². The molecule has 1 rings (SSSR count). The molecule has 0 fully saturated rings. The molecule has 0 atom stereocenters. The molecular weight excluding hydrogens is 256 g/mol. The SMILES string of the molecule is CCC(C)(C)C(=O)OCCOCCOc1ccccc1. The lowest BCUT2D eigenvalue weighted by Gasteiger charge is -2.20. The molecule has 0 aromatic heterocycles. The maximum Gasteiger partial charge on any atom is 0.311 e. The van der Waals surface area contributed by atoms with Crippen molar-refractivity contribution < 1.29 is 19.0 Å². The van der Waals surface area contributed by atoms with Gasteiger partial charge in [0.05, 0.1) is 18.6 Å². The Morgan fingerprint density at radius 3 is 2.35 bits per heavy atom. The van der Waals surface area contributed by atoms with Crippen molar-refractivity contribution >= 4 is 5.97 Å². The molecule has 0 aliphatic rings. The van der Waals surface area contributed by atoms with Crippen molar-refractivity contribution in [1.29, 1.82) is 0 Å². The number of rotatable bonds is 9. The van der Waals surface area contributed by atoms with Crippen LogP contribution in [0.25, 0.3) is 0 Å². The number of ether oxygens (including phenoxy) is 3. The average molecular weight is 280 g/mol. The van der Waals surface area contributed by atoms with Gasteiger partial charge in [0, 0.05) is 0 Å². The first-order valence-corrected chi connectivity index (χ1v) is 6.99. The van der Waals surface area contributed by atoms with E-state index in [2.05, 4.69) is 0 Å². The Balaban J connectivity index is 2.02. The summed E-state index contributed by atoms with van der Waals surface area (Å²) in [6, 6.07) is 9.58. The monoisotopic (exact) mass is 280 g/mol. The maximum atomic E-state index is 11.7. The van der Waals surface area contributed by atoms with Crippen LogP contribution in [0.1, 0.15) is 27.2 Å². The molecule has 1 aromatic carbocycles. The zero-order valence-electron chi connectivity index (χ0n) is 12.6. The van der Waals surface area contributed by atoms with Gasteiger partial charge in [-0.15, -0.1) is 0 Å². The van der Waals surface area contributed by atoms with Crippen molar-refractivity contribution in [3.05, 3.63) is 30.3 Å². The molecule has 0 amide bonds. The van der Waals surface area contributed by atoms with Gasteiger partial charge >= 0.3 is 5.97 Å². The largest absolute Gasteiger partial charge is 0.491 e. The van der Waals surface area contributed by atoms with Crippen LogP contribution in [0.2, 0.25) is 0 Å². The van der Waals surface area contributed by atoms with Crippen molar-refractivity contribution in [1.82, 2.24) is 0 Å². The molecule has 0 spiro atoms. The zero-order chi connectivity index (χ0) is 14.8. The Kier molecular flexibility index (Phi) is 7.09. The molecule has 1 aromatic rings. The van der Waals surface area contributed by atoms with Crippen LogP contribution >= 0.6 is 0 Å². The van der Waals surface area contributed by atoms with E-state index in [4.69, 9.17) is 14.2 Å². The van der Waals surface area contributed by atoms with E-state index in [1.54, 1.807) is 0 Å². The highest BCUT2D eigenvalue weighted by molar-refractivity contribution is 5.75. The standard InChI is InChI=1S/C16H24O4/c1-4-16(2,3)15(17)20-13-11-18-10-12-19-14-8-6-5-7-9-14/h5-9H,4,10-13H2,1-3H3. The summed E-state index contributed by atoms with van der Waals surface area (Å²) in [5, 5.41) is 0. The lowest BCUT2D eigenvalue weighted by Crippen LogP contribution is -2.27. The molecule has 112 valence electrons. The number of para-hydroxylation sites is 1. The summed E-state index contributed by atoms with van der Waals surface area (Å²) in [6.45, 7) is 7.37. The minimum atomic E-state index is -0.420. The van der Waals surface area contributed by atoms with Gasteiger partial charge in [0.15, 0.2) is 0 Å². The Bertz CT molecular complexity index is 387. The quantitative estimate of drug-likeness (QED) is 0.515. The molecule has 0 heterocycles. The molecule has 4 heteroatoms. The van der Waals surface area contributed by atoms with Crippen LogP contribution in [-0.2, 0) is 14.3 Å². The lowest BCUT2D eigenvalue weighted by atomic mass is 9.91. The molecule has 0 aliphatic heterocycles. The van der Waals surface area contributed by atoms with Gasteiger partial charge in [-0.25, -0.2) is 0 Å². The Hall–Kier alpha value is -1.55. The fourth-order valence-corrected chi connectivity index (χ4v) is 1.37. The van der Waals surface area contributed by atoms with E-state index in [1.807, 2.05) is 51.1 Å². The normalized spacial score (nSPS) is 11.2. The molecule has 0 aliphatic carbocycles. The number of hydrogen-bond acceptors (Lipinski definition) is 4. The van der Waals surface area contributed by atoms with Crippen LogP contribution in [0.15, 0.2) is 30.3 Å². The number of benzene rings is 1. The molecule has 20 heavy (non-hydrogen) atoms. The summed E-state index contributed by atoms with van der Waals surface area (Å²) in [5.74, 6) is 0.649. The number of esters is 1. The summed E-state index contributed by atoms with van der Waals surface area (Å²) in [6.07, 6.45) is 0.762. The highest BCUT2D eigenvalue weighted by Gasteiger charge is 2.26. The highest BCUT2D eigenvalue weighted by Crippen LogP contribution is 2.21. The lowest BCUT2D eigenvalue weighted by molar-refractivity contribution is -0.155. The summed E-state index contributed by atoms with van der Waals surface area (Å²) < 4.78 is 16.0. The van der Waals surface area contributed by atoms with Crippen LogP contribution in [-0.4, -0.2) is 32.4 Å². The van der Waals surface area contributed by atoms with E-state index < -0.39 is 5.41 Å². The minimum Gasteiger partial charge on any atom is -0.491 e. The first kappa shape index (κ1) is 16.5. The van der Waals surface area contributed by atoms with Crippen molar-refractivity contribution in [3.8, 4) is 5.75 Å². The van der Waals surface area contributed by atoms with Gasteiger partial charge in [-0.1, -0.05) is 25.1 Å². The van der Waals surface area contributed by atoms with Crippen LogP contribution in [0.3, 0.4) is 0 Å². The summed E-state index contributed by atoms with van der Waals surface area (Å²) in [7, 11) is 0. The van der Waals surface area contributed by atoms with E-state index in [0.717, 1.165) is 12.2 Å². The van der Waals surface area contributed by atoms with Crippen molar-refractivity contribution in [2.24, 2.45) is 5.41 Å². The van der Waals surface area contributed by atoms with Gasteiger partial charge in [-0.05, 0) is 32.4 Å². The van der Waals surface area contributed by atoms with Gasteiger partial charge in [0.2, 0.25) is 0 Å². The minimum absolute atomic E-state index is 0.177. The molecule has 0 bridgehead atoms. The second-order valence-electron chi connectivity index (χ2n) is 5.15. The molecule has 0 unspecified atom stereocenters. The Labute approximate surface area is 121 Å². The fraction of sp³-hybridized carbons (Fsp3) is 0.562.